The number of amides is 1. The Morgan fingerprint density at radius 3 is 2.83 bits per heavy atom. The van der Waals surface area contributed by atoms with Crippen LogP contribution in [0.5, 0.6) is 11.5 Å². The molecule has 120 valence electrons. The molecule has 0 atom stereocenters. The molecule has 1 aromatic heterocycles. The van der Waals surface area contributed by atoms with Gasteiger partial charge >= 0.3 is 0 Å². The van der Waals surface area contributed by atoms with Gasteiger partial charge in [0.05, 0.1) is 13.7 Å². The maximum Gasteiger partial charge on any atom is 0.248 e. The van der Waals surface area contributed by atoms with Crippen LogP contribution >= 0.6 is 11.6 Å². The zero-order valence-electron chi connectivity index (χ0n) is 12.9. The number of benzene rings is 1. The van der Waals surface area contributed by atoms with Gasteiger partial charge in [-0.3, -0.25) is 4.79 Å². The summed E-state index contributed by atoms with van der Waals surface area (Å²) in [7, 11) is 1.57. The summed E-state index contributed by atoms with van der Waals surface area (Å²) < 4.78 is 10.7. The number of halogens is 1. The molecule has 1 amide bonds. The molecule has 6 heteroatoms. The third-order valence-corrected chi connectivity index (χ3v) is 3.12. The molecule has 0 spiro atoms. The molecule has 0 aliphatic heterocycles. The number of methoxy groups -OCH3 is 1. The van der Waals surface area contributed by atoms with E-state index in [1.807, 2.05) is 19.1 Å². The number of anilines is 1. The maximum atomic E-state index is 11.9. The Balaban J connectivity index is 2.05. The summed E-state index contributed by atoms with van der Waals surface area (Å²) in [5, 5.41) is 3.03. The van der Waals surface area contributed by atoms with E-state index < -0.39 is 0 Å². The van der Waals surface area contributed by atoms with Crippen LogP contribution in [0.2, 0.25) is 5.15 Å². The number of nitrogens with zero attached hydrogens (tertiary/aromatic N) is 1. The predicted octanol–water partition coefficient (Wildman–Crippen LogP) is 3.79. The number of carbonyl (C=O) groups is 1. The largest absolute Gasteiger partial charge is 0.493 e. The van der Waals surface area contributed by atoms with Crippen LogP contribution in [0.3, 0.4) is 0 Å². The van der Waals surface area contributed by atoms with Gasteiger partial charge in [0.15, 0.2) is 11.5 Å². The standard InChI is InChI=1S/C17H17ClN2O3/c1-3-23-14-6-4-12(10-15(14)22-2)5-7-17(21)20-13-8-9-19-16(18)11-13/h4-11H,3H2,1-2H3,(H,19,20,21)/b7-5+. The molecule has 0 radical (unpaired) electrons. The fraction of sp³-hybridized carbons (Fsp3) is 0.176. The minimum absolute atomic E-state index is 0.264. The second-order valence-electron chi connectivity index (χ2n) is 4.53. The molecular formula is C17H17ClN2O3. The molecule has 1 aromatic carbocycles. The Bertz CT molecular complexity index is 717. The first-order valence-electron chi connectivity index (χ1n) is 7.04. The van der Waals surface area contributed by atoms with Gasteiger partial charge in [0, 0.05) is 18.0 Å². The normalized spacial score (nSPS) is 10.6. The Labute approximate surface area is 139 Å². The van der Waals surface area contributed by atoms with Crippen molar-refractivity contribution < 1.29 is 14.3 Å². The summed E-state index contributed by atoms with van der Waals surface area (Å²) in [6.07, 6.45) is 4.65. The van der Waals surface area contributed by atoms with E-state index in [1.165, 1.54) is 12.3 Å². The van der Waals surface area contributed by atoms with Gasteiger partial charge < -0.3 is 14.8 Å². The van der Waals surface area contributed by atoms with Gasteiger partial charge in [0.1, 0.15) is 5.15 Å². The SMILES string of the molecule is CCOc1ccc(/C=C/C(=O)Nc2ccnc(Cl)c2)cc1OC. The van der Waals surface area contributed by atoms with Crippen molar-refractivity contribution >= 4 is 29.3 Å². The summed E-state index contributed by atoms with van der Waals surface area (Å²) in [6, 6.07) is 8.70. The predicted molar refractivity (Wildman–Crippen MR) is 91.1 cm³/mol. The number of nitrogens with one attached hydrogen (secondary N) is 1. The molecular weight excluding hydrogens is 316 g/mol. The van der Waals surface area contributed by atoms with Crippen molar-refractivity contribution in [2.75, 3.05) is 19.0 Å². The summed E-state index contributed by atoms with van der Waals surface area (Å²) in [4.78, 5) is 15.8. The second-order valence-corrected chi connectivity index (χ2v) is 4.92. The fourth-order valence-corrected chi connectivity index (χ4v) is 2.07. The van der Waals surface area contributed by atoms with Crippen molar-refractivity contribution in [3.63, 3.8) is 0 Å². The first-order chi connectivity index (χ1) is 11.1. The topological polar surface area (TPSA) is 60.5 Å². The highest BCUT2D eigenvalue weighted by atomic mass is 35.5. The molecule has 2 aromatic rings. The monoisotopic (exact) mass is 332 g/mol. The lowest BCUT2D eigenvalue weighted by atomic mass is 10.2. The summed E-state index contributed by atoms with van der Waals surface area (Å²) in [5.74, 6) is 1.03. The fourth-order valence-electron chi connectivity index (χ4n) is 1.90. The van der Waals surface area contributed by atoms with Crippen molar-refractivity contribution in [2.45, 2.75) is 6.92 Å². The van der Waals surface area contributed by atoms with E-state index >= 15 is 0 Å². The highest BCUT2D eigenvalue weighted by Crippen LogP contribution is 2.28. The molecule has 0 fully saturated rings. The van der Waals surface area contributed by atoms with Crippen molar-refractivity contribution in [1.29, 1.82) is 0 Å². The first-order valence-corrected chi connectivity index (χ1v) is 7.41. The van der Waals surface area contributed by atoms with Crippen molar-refractivity contribution in [3.8, 4) is 11.5 Å². The summed E-state index contributed by atoms with van der Waals surface area (Å²) in [6.45, 7) is 2.46. The van der Waals surface area contributed by atoms with E-state index in [1.54, 1.807) is 31.4 Å². The van der Waals surface area contributed by atoms with E-state index in [9.17, 15) is 4.79 Å². The van der Waals surface area contributed by atoms with Crippen LogP contribution in [0.25, 0.3) is 6.08 Å². The van der Waals surface area contributed by atoms with Crippen LogP contribution < -0.4 is 14.8 Å². The van der Waals surface area contributed by atoms with E-state index in [4.69, 9.17) is 21.1 Å². The number of carbonyl (C=O) groups excluding carboxylic acids is 1. The van der Waals surface area contributed by atoms with Gasteiger partial charge in [-0.15, -0.1) is 0 Å². The third kappa shape index (κ3) is 5.00. The van der Waals surface area contributed by atoms with Gasteiger partial charge in [0.2, 0.25) is 5.91 Å². The number of hydrogen-bond acceptors (Lipinski definition) is 4. The van der Waals surface area contributed by atoms with E-state index in [-0.39, 0.29) is 5.91 Å². The Morgan fingerprint density at radius 2 is 2.13 bits per heavy atom. The van der Waals surface area contributed by atoms with Crippen LogP contribution in [0, 0.1) is 0 Å². The average molecular weight is 333 g/mol. The van der Waals surface area contributed by atoms with Crippen molar-refractivity contribution in [3.05, 3.63) is 53.3 Å². The molecule has 2 rings (SSSR count). The van der Waals surface area contributed by atoms with Crippen LogP contribution in [0.1, 0.15) is 12.5 Å². The minimum atomic E-state index is -0.264. The zero-order valence-corrected chi connectivity index (χ0v) is 13.6. The second kappa shape index (κ2) is 8.19. The van der Waals surface area contributed by atoms with Gasteiger partial charge in [-0.05, 0) is 42.8 Å². The van der Waals surface area contributed by atoms with Gasteiger partial charge in [0.25, 0.3) is 0 Å². The highest BCUT2D eigenvalue weighted by molar-refractivity contribution is 6.29. The quantitative estimate of drug-likeness (QED) is 0.645. The number of aromatic nitrogens is 1. The molecule has 0 aliphatic rings. The molecule has 0 bridgehead atoms. The van der Waals surface area contributed by atoms with Gasteiger partial charge in [-0.1, -0.05) is 17.7 Å². The summed E-state index contributed by atoms with van der Waals surface area (Å²) >= 11 is 5.77. The van der Waals surface area contributed by atoms with Gasteiger partial charge in [-0.25, -0.2) is 4.98 Å². The number of hydrogen-bond donors (Lipinski definition) is 1. The van der Waals surface area contributed by atoms with Gasteiger partial charge in [-0.2, -0.15) is 0 Å². The smallest absolute Gasteiger partial charge is 0.248 e. The molecule has 0 unspecified atom stereocenters. The molecule has 1 N–H and O–H groups in total. The van der Waals surface area contributed by atoms with Crippen molar-refractivity contribution in [2.24, 2.45) is 0 Å². The lowest BCUT2D eigenvalue weighted by Gasteiger charge is -2.09. The Kier molecular flexibility index (Phi) is 6.00. The molecule has 1 heterocycles. The van der Waals surface area contributed by atoms with Crippen molar-refractivity contribution in [1.82, 2.24) is 4.98 Å². The Morgan fingerprint density at radius 1 is 1.30 bits per heavy atom. The van der Waals surface area contributed by atoms with E-state index in [2.05, 4.69) is 10.3 Å². The molecule has 0 aliphatic carbocycles. The molecule has 0 saturated carbocycles. The van der Waals surface area contributed by atoms with Crippen LogP contribution in [0.4, 0.5) is 5.69 Å². The average Bonchev–Trinajstić information content (AvgIpc) is 2.54. The lowest BCUT2D eigenvalue weighted by molar-refractivity contribution is -0.111. The maximum absolute atomic E-state index is 11.9. The number of pyridine rings is 1. The minimum Gasteiger partial charge on any atom is -0.493 e. The van der Waals surface area contributed by atoms with E-state index in [0.717, 1.165) is 5.56 Å². The molecule has 0 saturated heterocycles. The number of ether oxygens (including phenoxy) is 2. The van der Waals surface area contributed by atoms with E-state index in [0.29, 0.717) is 28.9 Å². The Hall–Kier alpha value is -2.53. The molecule has 5 nitrogen and oxygen atoms in total. The zero-order chi connectivity index (χ0) is 16.7. The molecule has 23 heavy (non-hydrogen) atoms. The summed E-state index contributed by atoms with van der Waals surface area (Å²) in [5.41, 5.74) is 1.41. The first kappa shape index (κ1) is 16.8. The number of rotatable bonds is 6. The third-order valence-electron chi connectivity index (χ3n) is 2.91. The van der Waals surface area contributed by atoms with Crippen LogP contribution in [-0.2, 0) is 4.79 Å². The highest BCUT2D eigenvalue weighted by Gasteiger charge is 2.04. The van der Waals surface area contributed by atoms with Crippen LogP contribution in [0.15, 0.2) is 42.6 Å². The van der Waals surface area contributed by atoms with Crippen LogP contribution in [-0.4, -0.2) is 24.6 Å². The lowest BCUT2D eigenvalue weighted by Crippen LogP contribution is -2.07.